The van der Waals surface area contributed by atoms with Crippen molar-refractivity contribution in [3.05, 3.63) is 54.9 Å². The molecule has 1 aromatic heterocycles. The van der Waals surface area contributed by atoms with Crippen molar-refractivity contribution < 1.29 is 14.7 Å². The van der Waals surface area contributed by atoms with Gasteiger partial charge in [0.15, 0.2) is 0 Å². The van der Waals surface area contributed by atoms with E-state index in [4.69, 9.17) is 12.2 Å². The standard InChI is InChI=1S/C18H16N2O4S3/c1-3-19-16(24)14(27-18(19)25)17-20(9-13(21)22)15(23)12(26-17)8-11-6-4-10(2)5-7-11/h4-8H,3,9H2,1-2H3,(H,21,22)/b12-8?,17-14+. The van der Waals surface area contributed by atoms with Crippen molar-refractivity contribution in [3.8, 4) is 0 Å². The van der Waals surface area contributed by atoms with Gasteiger partial charge in [-0.3, -0.25) is 23.9 Å². The number of benzene rings is 1. The zero-order valence-electron chi connectivity index (χ0n) is 14.6. The molecule has 140 valence electrons. The normalized spacial score (nSPS) is 17.1. The van der Waals surface area contributed by atoms with Gasteiger partial charge in [0.25, 0.3) is 11.5 Å². The smallest absolute Gasteiger partial charge is 0.323 e. The van der Waals surface area contributed by atoms with E-state index >= 15 is 0 Å². The van der Waals surface area contributed by atoms with Crippen LogP contribution in [0.1, 0.15) is 18.1 Å². The van der Waals surface area contributed by atoms with Crippen LogP contribution >= 0.6 is 35.3 Å². The summed E-state index contributed by atoms with van der Waals surface area (Å²) in [5.41, 5.74) is 1.49. The SMILES string of the molecule is CCN1C(=O)/C(=c2\sc(=Cc3ccc(C)cc3)c(=O)n2CC(=O)O)SC1=S. The molecule has 2 heterocycles. The molecule has 1 aromatic carbocycles. The molecule has 1 N–H and O–H groups in total. The lowest BCUT2D eigenvalue weighted by atomic mass is 10.1. The molecule has 0 aliphatic carbocycles. The van der Waals surface area contributed by atoms with Crippen LogP contribution in [0.5, 0.6) is 0 Å². The number of aromatic nitrogens is 1. The Morgan fingerprint density at radius 2 is 1.93 bits per heavy atom. The first-order valence-corrected chi connectivity index (χ1v) is 10.1. The fourth-order valence-electron chi connectivity index (χ4n) is 2.58. The minimum absolute atomic E-state index is 0.297. The first-order chi connectivity index (χ1) is 12.8. The highest BCUT2D eigenvalue weighted by Crippen LogP contribution is 2.30. The van der Waals surface area contributed by atoms with Gasteiger partial charge < -0.3 is 5.11 Å². The summed E-state index contributed by atoms with van der Waals surface area (Å²) in [6.45, 7) is 3.69. The number of thioether (sulfide) groups is 1. The molecule has 1 aliphatic heterocycles. The van der Waals surface area contributed by atoms with Crippen LogP contribution in [-0.4, -0.2) is 37.3 Å². The monoisotopic (exact) mass is 420 g/mol. The second-order valence-electron chi connectivity index (χ2n) is 5.86. The Morgan fingerprint density at radius 3 is 2.48 bits per heavy atom. The predicted octanol–water partition coefficient (Wildman–Crippen LogP) is 1.12. The van der Waals surface area contributed by atoms with Crippen LogP contribution in [0.3, 0.4) is 0 Å². The van der Waals surface area contributed by atoms with Crippen LogP contribution in [0.2, 0.25) is 0 Å². The maximum absolute atomic E-state index is 12.8. The third-order valence-electron chi connectivity index (χ3n) is 3.94. The van der Waals surface area contributed by atoms with Crippen molar-refractivity contribution in [3.63, 3.8) is 0 Å². The number of hydrogen-bond acceptors (Lipinski definition) is 6. The van der Waals surface area contributed by atoms with E-state index in [2.05, 4.69) is 0 Å². The number of aliphatic carboxylic acids is 1. The molecule has 6 nitrogen and oxygen atoms in total. The van der Waals surface area contributed by atoms with E-state index in [9.17, 15) is 19.5 Å². The van der Waals surface area contributed by atoms with Crippen LogP contribution in [0, 0.1) is 6.92 Å². The summed E-state index contributed by atoms with van der Waals surface area (Å²) < 4.78 is 2.24. The van der Waals surface area contributed by atoms with Crippen LogP contribution < -0.4 is 14.8 Å². The van der Waals surface area contributed by atoms with E-state index in [-0.39, 0.29) is 5.91 Å². The third-order valence-corrected chi connectivity index (χ3v) is 6.63. The predicted molar refractivity (Wildman–Crippen MR) is 111 cm³/mol. The molecule has 0 bridgehead atoms. The highest BCUT2D eigenvalue weighted by Gasteiger charge is 2.33. The van der Waals surface area contributed by atoms with E-state index in [1.165, 1.54) is 4.90 Å². The van der Waals surface area contributed by atoms with Gasteiger partial charge >= 0.3 is 5.97 Å². The fourth-order valence-corrected chi connectivity index (χ4v) is 5.22. The highest BCUT2D eigenvalue weighted by atomic mass is 32.2. The minimum atomic E-state index is -1.15. The molecule has 0 radical (unpaired) electrons. The molecule has 2 aromatic rings. The Kier molecular flexibility index (Phi) is 5.64. The van der Waals surface area contributed by atoms with Crippen molar-refractivity contribution in [1.29, 1.82) is 0 Å². The Balaban J connectivity index is 2.26. The van der Waals surface area contributed by atoms with Gasteiger partial charge in [0, 0.05) is 6.54 Å². The molecule has 1 saturated heterocycles. The maximum atomic E-state index is 12.8. The zero-order valence-corrected chi connectivity index (χ0v) is 17.0. The summed E-state index contributed by atoms with van der Waals surface area (Å²) in [4.78, 5) is 38.4. The van der Waals surface area contributed by atoms with Gasteiger partial charge in [0.2, 0.25) is 0 Å². The van der Waals surface area contributed by atoms with Crippen molar-refractivity contribution in [2.75, 3.05) is 6.54 Å². The molecule has 27 heavy (non-hydrogen) atoms. The fraction of sp³-hybridized carbons (Fsp3) is 0.222. The number of nitrogens with zero attached hydrogens (tertiary/aromatic N) is 2. The molecule has 0 atom stereocenters. The number of amides is 1. The average Bonchev–Trinajstić information content (AvgIpc) is 3.06. The number of rotatable bonds is 4. The van der Waals surface area contributed by atoms with E-state index < -0.39 is 18.1 Å². The van der Waals surface area contributed by atoms with Gasteiger partial charge in [-0.15, -0.1) is 11.3 Å². The van der Waals surface area contributed by atoms with Crippen LogP contribution in [0.25, 0.3) is 11.0 Å². The van der Waals surface area contributed by atoms with Crippen LogP contribution in [-0.2, 0) is 16.1 Å². The summed E-state index contributed by atoms with van der Waals surface area (Å²) in [5, 5.41) is 9.20. The first-order valence-electron chi connectivity index (χ1n) is 8.09. The van der Waals surface area contributed by atoms with Crippen LogP contribution in [0.15, 0.2) is 29.1 Å². The number of aryl methyl sites for hydroxylation is 1. The molecule has 1 aliphatic rings. The minimum Gasteiger partial charge on any atom is -0.480 e. The molecule has 0 unspecified atom stereocenters. The molecule has 9 heteroatoms. The van der Waals surface area contributed by atoms with Crippen molar-refractivity contribution in [2.24, 2.45) is 0 Å². The largest absolute Gasteiger partial charge is 0.480 e. The topological polar surface area (TPSA) is 79.6 Å². The summed E-state index contributed by atoms with van der Waals surface area (Å²) >= 11 is 7.43. The van der Waals surface area contributed by atoms with Gasteiger partial charge in [0.05, 0.1) is 4.53 Å². The second-order valence-corrected chi connectivity index (χ2v) is 8.53. The summed E-state index contributed by atoms with van der Waals surface area (Å²) in [5.74, 6) is -1.45. The van der Waals surface area contributed by atoms with E-state index in [1.54, 1.807) is 6.08 Å². The van der Waals surface area contributed by atoms with Gasteiger partial charge in [-0.25, -0.2) is 0 Å². The number of hydrogen-bond donors (Lipinski definition) is 1. The number of carboxylic acid groups (broad SMARTS) is 1. The van der Waals surface area contributed by atoms with Crippen molar-refractivity contribution in [2.45, 2.75) is 20.4 Å². The molecule has 0 saturated carbocycles. The molecular weight excluding hydrogens is 404 g/mol. The zero-order chi connectivity index (χ0) is 19.7. The average molecular weight is 421 g/mol. The molecule has 1 fully saturated rings. The summed E-state index contributed by atoms with van der Waals surface area (Å²) in [7, 11) is 0. The van der Waals surface area contributed by atoms with Gasteiger partial charge in [-0.05, 0) is 25.5 Å². The van der Waals surface area contributed by atoms with Crippen LogP contribution in [0.4, 0.5) is 0 Å². The Bertz CT molecular complexity index is 1110. The molecule has 1 amide bonds. The Labute approximate surface area is 168 Å². The van der Waals surface area contributed by atoms with Crippen molar-refractivity contribution >= 4 is 62.5 Å². The third kappa shape index (κ3) is 3.90. The van der Waals surface area contributed by atoms with Gasteiger partial charge in [-0.1, -0.05) is 53.8 Å². The van der Waals surface area contributed by atoms with Gasteiger partial charge in [0.1, 0.15) is 20.4 Å². The molecular formula is C18H16N2O4S3. The van der Waals surface area contributed by atoms with Crippen molar-refractivity contribution in [1.82, 2.24) is 9.47 Å². The number of carbonyl (C=O) groups is 2. The number of thiocarbonyl (C=S) groups is 1. The lowest BCUT2D eigenvalue weighted by Gasteiger charge is -2.09. The quantitative estimate of drug-likeness (QED) is 0.747. The second kappa shape index (κ2) is 7.79. The van der Waals surface area contributed by atoms with E-state index in [1.807, 2.05) is 38.1 Å². The Hall–Kier alpha value is -2.23. The molecule has 3 rings (SSSR count). The lowest BCUT2D eigenvalue weighted by Crippen LogP contribution is -2.35. The van der Waals surface area contributed by atoms with E-state index in [0.717, 1.165) is 38.8 Å². The molecule has 0 spiro atoms. The first kappa shape index (κ1) is 19.5. The lowest BCUT2D eigenvalue weighted by molar-refractivity contribution is -0.137. The number of thiazole rings is 1. The number of carboxylic acids is 1. The van der Waals surface area contributed by atoms with Gasteiger partial charge in [-0.2, -0.15) is 0 Å². The van der Waals surface area contributed by atoms with E-state index in [0.29, 0.717) is 25.0 Å². The maximum Gasteiger partial charge on any atom is 0.323 e. The summed E-state index contributed by atoms with van der Waals surface area (Å²) in [6, 6.07) is 7.62. The summed E-state index contributed by atoms with van der Waals surface area (Å²) in [6.07, 6.45) is 1.70. The highest BCUT2D eigenvalue weighted by molar-refractivity contribution is 8.30. The Morgan fingerprint density at radius 1 is 1.26 bits per heavy atom. The number of carbonyl (C=O) groups excluding carboxylic acids is 1.